The number of hydrogen-bond acceptors (Lipinski definition) is 5. The summed E-state index contributed by atoms with van der Waals surface area (Å²) in [5, 5.41) is 10.7. The highest BCUT2D eigenvalue weighted by molar-refractivity contribution is 8.27. The number of amides is 1. The van der Waals surface area contributed by atoms with E-state index in [0.717, 1.165) is 0 Å². The second-order valence-electron chi connectivity index (χ2n) is 5.28. The highest BCUT2D eigenvalue weighted by Crippen LogP contribution is 2.39. The molecular weight excluding hydrogens is 413 g/mol. The van der Waals surface area contributed by atoms with Crippen molar-refractivity contribution in [3.05, 3.63) is 56.9 Å². The van der Waals surface area contributed by atoms with Gasteiger partial charge < -0.3 is 9.84 Å². The largest absolute Gasteiger partial charge is 0.503 e. The number of thiocarbonyl (C=S) groups is 1. The smallest absolute Gasteiger partial charge is 0.270 e. The maximum atomic E-state index is 12.8. The maximum absolute atomic E-state index is 12.8. The Hall–Kier alpha value is -1.73. The van der Waals surface area contributed by atoms with Crippen LogP contribution >= 0.6 is 47.2 Å². The molecule has 0 bridgehead atoms. The van der Waals surface area contributed by atoms with E-state index in [-0.39, 0.29) is 22.4 Å². The number of phenols is 1. The molecule has 0 saturated carbocycles. The van der Waals surface area contributed by atoms with Gasteiger partial charge in [-0.2, -0.15) is 0 Å². The van der Waals surface area contributed by atoms with E-state index < -0.39 is 0 Å². The molecule has 3 rings (SSSR count). The fraction of sp³-hybridized carbons (Fsp3) is 0.111. The van der Waals surface area contributed by atoms with Gasteiger partial charge in [0.1, 0.15) is 0 Å². The summed E-state index contributed by atoms with van der Waals surface area (Å²) >= 11 is 18.5. The highest BCUT2D eigenvalue weighted by Gasteiger charge is 2.33. The first-order chi connectivity index (χ1) is 12.4. The minimum absolute atomic E-state index is 0.126. The molecule has 0 aliphatic carbocycles. The topological polar surface area (TPSA) is 49.8 Å². The van der Waals surface area contributed by atoms with Gasteiger partial charge in [-0.3, -0.25) is 9.69 Å². The van der Waals surface area contributed by atoms with Crippen molar-refractivity contribution in [2.45, 2.75) is 6.92 Å². The quantitative estimate of drug-likeness (QED) is 0.517. The van der Waals surface area contributed by atoms with Gasteiger partial charge in [0.2, 0.25) is 0 Å². The average molecular weight is 426 g/mol. The van der Waals surface area contributed by atoms with E-state index in [1.165, 1.54) is 16.7 Å². The summed E-state index contributed by atoms with van der Waals surface area (Å²) in [4.78, 5) is 14.7. The molecule has 2 aromatic carbocycles. The maximum Gasteiger partial charge on any atom is 0.270 e. The van der Waals surface area contributed by atoms with Crippen molar-refractivity contribution in [2.75, 3.05) is 11.5 Å². The van der Waals surface area contributed by atoms with E-state index >= 15 is 0 Å². The number of thioether (sulfide) groups is 1. The molecule has 1 heterocycles. The zero-order valence-corrected chi connectivity index (χ0v) is 16.7. The molecule has 2 aromatic rings. The molecule has 134 valence electrons. The predicted molar refractivity (Wildman–Crippen MR) is 111 cm³/mol. The highest BCUT2D eigenvalue weighted by atomic mass is 35.5. The van der Waals surface area contributed by atoms with E-state index in [4.69, 9.17) is 40.2 Å². The van der Waals surface area contributed by atoms with E-state index in [1.54, 1.807) is 49.4 Å². The number of rotatable bonds is 4. The number of ether oxygens (including phenoxy) is 1. The van der Waals surface area contributed by atoms with Crippen LogP contribution in [0.25, 0.3) is 6.08 Å². The Balaban J connectivity index is 1.94. The molecule has 1 aliphatic heterocycles. The number of carbonyl (C=O) groups excluding carboxylic acids is 1. The van der Waals surface area contributed by atoms with Gasteiger partial charge in [-0.1, -0.05) is 47.2 Å². The molecule has 0 radical (unpaired) electrons. The Morgan fingerprint density at radius 1 is 1.27 bits per heavy atom. The third-order valence-electron chi connectivity index (χ3n) is 3.53. The molecule has 26 heavy (non-hydrogen) atoms. The van der Waals surface area contributed by atoms with Crippen LogP contribution in [0.3, 0.4) is 0 Å². The Morgan fingerprint density at radius 3 is 2.62 bits per heavy atom. The van der Waals surface area contributed by atoms with Crippen LogP contribution in [0, 0.1) is 0 Å². The summed E-state index contributed by atoms with van der Waals surface area (Å²) in [6.07, 6.45) is 1.67. The number of nitrogens with zero attached hydrogens (tertiary/aromatic N) is 1. The minimum atomic E-state index is -0.232. The lowest BCUT2D eigenvalue weighted by atomic mass is 10.1. The normalized spacial score (nSPS) is 15.8. The number of benzene rings is 2. The van der Waals surface area contributed by atoms with Gasteiger partial charge in [0.15, 0.2) is 15.8 Å². The van der Waals surface area contributed by atoms with Gasteiger partial charge in [-0.25, -0.2) is 0 Å². The third kappa shape index (κ3) is 3.83. The molecule has 1 amide bonds. The Bertz CT molecular complexity index is 913. The lowest BCUT2D eigenvalue weighted by Gasteiger charge is -2.14. The van der Waals surface area contributed by atoms with Crippen LogP contribution < -0.4 is 9.64 Å². The van der Waals surface area contributed by atoms with Crippen molar-refractivity contribution >= 4 is 69.2 Å². The van der Waals surface area contributed by atoms with Crippen LogP contribution in [-0.2, 0) is 4.79 Å². The van der Waals surface area contributed by atoms with Crippen LogP contribution in [0.2, 0.25) is 10.0 Å². The Labute approximate surface area is 170 Å². The van der Waals surface area contributed by atoms with E-state index in [1.807, 2.05) is 0 Å². The fourth-order valence-corrected chi connectivity index (χ4v) is 4.02. The number of hydrogen-bond donors (Lipinski definition) is 1. The van der Waals surface area contributed by atoms with Gasteiger partial charge in [-0.05, 0) is 55.0 Å². The van der Waals surface area contributed by atoms with Crippen LogP contribution in [0.4, 0.5) is 5.69 Å². The SMILES string of the molecule is CCOc1cc(/C=C2/SC(=S)N(c3ccc(Cl)cc3)C2=O)cc(Cl)c1O. The van der Waals surface area contributed by atoms with Gasteiger partial charge in [0.25, 0.3) is 5.91 Å². The lowest BCUT2D eigenvalue weighted by molar-refractivity contribution is -0.113. The predicted octanol–water partition coefficient (Wildman–Crippen LogP) is 5.50. The van der Waals surface area contributed by atoms with Crippen molar-refractivity contribution < 1.29 is 14.6 Å². The summed E-state index contributed by atoms with van der Waals surface area (Å²) in [5.41, 5.74) is 1.28. The Kier molecular flexibility index (Phi) is 5.77. The molecule has 4 nitrogen and oxygen atoms in total. The molecule has 1 fully saturated rings. The van der Waals surface area contributed by atoms with Crippen LogP contribution in [0.5, 0.6) is 11.5 Å². The molecule has 0 spiro atoms. The molecule has 1 saturated heterocycles. The van der Waals surface area contributed by atoms with Gasteiger partial charge >= 0.3 is 0 Å². The second-order valence-corrected chi connectivity index (χ2v) is 7.80. The number of halogens is 2. The van der Waals surface area contributed by atoms with Crippen molar-refractivity contribution in [3.8, 4) is 11.5 Å². The molecule has 0 unspecified atom stereocenters. The first-order valence-electron chi connectivity index (χ1n) is 7.59. The van der Waals surface area contributed by atoms with E-state index in [0.29, 0.717) is 32.1 Å². The monoisotopic (exact) mass is 425 g/mol. The van der Waals surface area contributed by atoms with Crippen molar-refractivity contribution in [2.24, 2.45) is 0 Å². The summed E-state index contributed by atoms with van der Waals surface area (Å²) in [5.74, 6) is -0.0942. The molecular formula is C18H13Cl2NO3S2. The second kappa shape index (κ2) is 7.88. The molecule has 1 N–H and O–H groups in total. The molecule has 1 aliphatic rings. The van der Waals surface area contributed by atoms with Crippen LogP contribution in [-0.4, -0.2) is 21.9 Å². The first-order valence-corrected chi connectivity index (χ1v) is 9.57. The van der Waals surface area contributed by atoms with E-state index in [9.17, 15) is 9.90 Å². The van der Waals surface area contributed by atoms with Crippen molar-refractivity contribution in [1.29, 1.82) is 0 Å². The number of aromatic hydroxyl groups is 1. The number of phenolic OH excluding ortho intramolecular Hbond substituents is 1. The van der Waals surface area contributed by atoms with Crippen LogP contribution in [0.15, 0.2) is 41.3 Å². The molecule has 0 aromatic heterocycles. The summed E-state index contributed by atoms with van der Waals surface area (Å²) in [7, 11) is 0. The summed E-state index contributed by atoms with van der Waals surface area (Å²) < 4.78 is 5.80. The average Bonchev–Trinajstić information content (AvgIpc) is 2.87. The standard InChI is InChI=1S/C18H13Cl2NO3S2/c1-2-24-14-8-10(7-13(20)16(14)22)9-15-17(23)21(18(25)26-15)12-5-3-11(19)4-6-12/h3-9,22H,2H2,1H3/b15-9+. The van der Waals surface area contributed by atoms with Gasteiger partial charge in [0, 0.05) is 5.02 Å². The first kappa shape index (κ1) is 19.0. The molecule has 8 heteroatoms. The summed E-state index contributed by atoms with van der Waals surface area (Å²) in [6.45, 7) is 2.18. The summed E-state index contributed by atoms with van der Waals surface area (Å²) in [6, 6.07) is 10.1. The molecule has 0 atom stereocenters. The Morgan fingerprint density at radius 2 is 1.96 bits per heavy atom. The van der Waals surface area contributed by atoms with Crippen molar-refractivity contribution in [1.82, 2.24) is 0 Å². The van der Waals surface area contributed by atoms with Gasteiger partial charge in [-0.15, -0.1) is 0 Å². The number of carbonyl (C=O) groups is 1. The van der Waals surface area contributed by atoms with Gasteiger partial charge in [0.05, 0.1) is 22.2 Å². The zero-order chi connectivity index (χ0) is 18.8. The van der Waals surface area contributed by atoms with Crippen LogP contribution in [0.1, 0.15) is 12.5 Å². The minimum Gasteiger partial charge on any atom is -0.503 e. The number of anilines is 1. The van der Waals surface area contributed by atoms with E-state index in [2.05, 4.69) is 0 Å². The van der Waals surface area contributed by atoms with Crippen molar-refractivity contribution in [3.63, 3.8) is 0 Å². The fourth-order valence-electron chi connectivity index (χ4n) is 2.37. The lowest BCUT2D eigenvalue weighted by Crippen LogP contribution is -2.27. The zero-order valence-electron chi connectivity index (χ0n) is 13.5. The third-order valence-corrected chi connectivity index (χ3v) is 5.37.